The van der Waals surface area contributed by atoms with E-state index >= 15 is 0 Å². The predicted molar refractivity (Wildman–Crippen MR) is 112 cm³/mol. The van der Waals surface area contributed by atoms with Crippen molar-refractivity contribution in [1.29, 1.82) is 0 Å². The van der Waals surface area contributed by atoms with Crippen LogP contribution in [0.1, 0.15) is 28.5 Å². The molecule has 3 aromatic rings. The Morgan fingerprint density at radius 3 is 2.45 bits per heavy atom. The second kappa shape index (κ2) is 7.97. The van der Waals surface area contributed by atoms with Crippen molar-refractivity contribution in [3.63, 3.8) is 0 Å². The van der Waals surface area contributed by atoms with E-state index in [4.69, 9.17) is 0 Å². The van der Waals surface area contributed by atoms with Gasteiger partial charge in [0.05, 0.1) is 10.5 Å². The van der Waals surface area contributed by atoms with Crippen LogP contribution in [0.3, 0.4) is 0 Å². The van der Waals surface area contributed by atoms with Gasteiger partial charge in [-0.05, 0) is 60.4 Å². The Labute approximate surface area is 181 Å². The zero-order chi connectivity index (χ0) is 22.2. The van der Waals surface area contributed by atoms with Crippen LogP contribution >= 0.6 is 11.3 Å². The standard InChI is InChI=1S/C20H16F3N3O3S2.H2/c21-20(22,23)15-4-1-12(2-5-15)18(27)25-16-9-13-3-6-17(11-14(13)10-16)31(28,29)26-19-24-7-8-30-19;/h1-8,11,16H,9-10H2,(H,24,26)(H,25,27);1H. The summed E-state index contributed by atoms with van der Waals surface area (Å²) >= 11 is 1.17. The summed E-state index contributed by atoms with van der Waals surface area (Å²) in [6.45, 7) is 0. The molecule has 0 fully saturated rings. The van der Waals surface area contributed by atoms with Gasteiger partial charge in [0.1, 0.15) is 0 Å². The average Bonchev–Trinajstić information content (AvgIpc) is 3.35. The zero-order valence-electron chi connectivity index (χ0n) is 15.8. The number of sulfonamides is 1. The van der Waals surface area contributed by atoms with Crippen LogP contribution in [0.15, 0.2) is 58.9 Å². The molecule has 1 aromatic heterocycles. The highest BCUT2D eigenvalue weighted by molar-refractivity contribution is 7.93. The number of hydrogen-bond acceptors (Lipinski definition) is 5. The highest BCUT2D eigenvalue weighted by Gasteiger charge is 2.30. The van der Waals surface area contributed by atoms with Crippen molar-refractivity contribution < 1.29 is 27.8 Å². The maximum absolute atomic E-state index is 12.7. The molecule has 1 heterocycles. The summed E-state index contributed by atoms with van der Waals surface area (Å²) in [4.78, 5) is 16.4. The Morgan fingerprint density at radius 1 is 1.10 bits per heavy atom. The minimum Gasteiger partial charge on any atom is -0.349 e. The number of carbonyl (C=O) groups is 1. The lowest BCUT2D eigenvalue weighted by atomic mass is 10.1. The molecule has 0 radical (unpaired) electrons. The van der Waals surface area contributed by atoms with Gasteiger partial charge in [-0.25, -0.2) is 13.4 Å². The Balaban J connectivity index is 0.00000289. The van der Waals surface area contributed by atoms with Gasteiger partial charge in [-0.3, -0.25) is 9.52 Å². The normalized spacial score (nSPS) is 16.0. The SMILES string of the molecule is O=C(NC1Cc2ccc(S(=O)(=O)Nc3nccs3)cc2C1)c1ccc(C(F)(F)F)cc1.[HH]. The number of anilines is 1. The van der Waals surface area contributed by atoms with Gasteiger partial charge in [0.15, 0.2) is 5.13 Å². The van der Waals surface area contributed by atoms with Crippen molar-refractivity contribution in [3.8, 4) is 0 Å². The molecule has 4 rings (SSSR count). The lowest BCUT2D eigenvalue weighted by Crippen LogP contribution is -2.35. The summed E-state index contributed by atoms with van der Waals surface area (Å²) in [5.74, 6) is -0.482. The van der Waals surface area contributed by atoms with E-state index in [9.17, 15) is 26.4 Å². The van der Waals surface area contributed by atoms with Crippen molar-refractivity contribution in [3.05, 3.63) is 76.3 Å². The molecule has 1 atom stereocenters. The second-order valence-electron chi connectivity index (χ2n) is 7.03. The monoisotopic (exact) mass is 469 g/mol. The summed E-state index contributed by atoms with van der Waals surface area (Å²) in [7, 11) is -3.79. The fourth-order valence-corrected chi connectivity index (χ4v) is 5.23. The third-order valence-electron chi connectivity index (χ3n) is 4.88. The van der Waals surface area contributed by atoms with Crippen LogP contribution in [0.5, 0.6) is 0 Å². The molecule has 0 spiro atoms. The molecule has 2 N–H and O–H groups in total. The summed E-state index contributed by atoms with van der Waals surface area (Å²) in [6, 6.07) is 8.48. The van der Waals surface area contributed by atoms with E-state index in [1.54, 1.807) is 17.5 Å². The highest BCUT2D eigenvalue weighted by Crippen LogP contribution is 2.30. The van der Waals surface area contributed by atoms with Crippen molar-refractivity contribution in [2.45, 2.75) is 30.0 Å². The molecular formula is C20H18F3N3O3S2. The Kier molecular flexibility index (Phi) is 5.48. The van der Waals surface area contributed by atoms with E-state index in [1.165, 1.54) is 23.6 Å². The number of carbonyl (C=O) groups excluding carboxylic acids is 1. The molecule has 2 aromatic carbocycles. The quantitative estimate of drug-likeness (QED) is 0.589. The van der Waals surface area contributed by atoms with Gasteiger partial charge in [-0.2, -0.15) is 13.2 Å². The molecule has 11 heteroatoms. The molecule has 1 unspecified atom stereocenters. The number of thiazole rings is 1. The number of hydrogen-bond donors (Lipinski definition) is 2. The molecule has 0 bridgehead atoms. The largest absolute Gasteiger partial charge is 0.416 e. The molecule has 0 aliphatic heterocycles. The molecule has 0 saturated carbocycles. The molecule has 31 heavy (non-hydrogen) atoms. The average molecular weight is 470 g/mol. The van der Waals surface area contributed by atoms with Gasteiger partial charge < -0.3 is 5.32 Å². The fraction of sp³-hybridized carbons (Fsp3) is 0.200. The second-order valence-corrected chi connectivity index (χ2v) is 9.60. The minimum absolute atomic E-state index is 0. The molecule has 164 valence electrons. The maximum atomic E-state index is 12.7. The lowest BCUT2D eigenvalue weighted by molar-refractivity contribution is -0.137. The van der Waals surface area contributed by atoms with Gasteiger partial charge in [0, 0.05) is 24.6 Å². The summed E-state index contributed by atoms with van der Waals surface area (Å²) in [5.41, 5.74) is 1.00. The number of benzene rings is 2. The Hall–Kier alpha value is -2.92. The van der Waals surface area contributed by atoms with Crippen LogP contribution in [-0.4, -0.2) is 25.4 Å². The van der Waals surface area contributed by atoms with Gasteiger partial charge in [0.25, 0.3) is 15.9 Å². The van der Waals surface area contributed by atoms with Gasteiger partial charge in [-0.15, -0.1) is 11.3 Å². The first-order chi connectivity index (χ1) is 14.6. The number of aromatic nitrogens is 1. The number of rotatable bonds is 5. The summed E-state index contributed by atoms with van der Waals surface area (Å²) < 4.78 is 65.5. The number of nitrogens with zero attached hydrogens (tertiary/aromatic N) is 1. The number of nitrogens with one attached hydrogen (secondary N) is 2. The number of amides is 1. The van der Waals surface area contributed by atoms with Crippen LogP contribution < -0.4 is 10.0 Å². The smallest absolute Gasteiger partial charge is 0.349 e. The van der Waals surface area contributed by atoms with E-state index < -0.39 is 27.7 Å². The van der Waals surface area contributed by atoms with E-state index in [-0.39, 0.29) is 23.1 Å². The van der Waals surface area contributed by atoms with Gasteiger partial charge >= 0.3 is 6.18 Å². The maximum Gasteiger partial charge on any atom is 0.416 e. The molecular weight excluding hydrogens is 451 g/mol. The topological polar surface area (TPSA) is 88.2 Å². The zero-order valence-corrected chi connectivity index (χ0v) is 17.4. The first-order valence-corrected chi connectivity index (χ1v) is 11.5. The summed E-state index contributed by atoms with van der Waals surface area (Å²) in [5, 5.41) is 4.72. The number of fused-ring (bicyclic) bond motifs is 1. The fourth-order valence-electron chi connectivity index (χ4n) is 3.39. The number of alkyl halides is 3. The lowest BCUT2D eigenvalue weighted by Gasteiger charge is -2.13. The molecule has 1 aliphatic carbocycles. The van der Waals surface area contributed by atoms with E-state index in [0.717, 1.165) is 35.4 Å². The molecule has 0 saturated heterocycles. The van der Waals surface area contributed by atoms with Crippen molar-refractivity contribution in [1.82, 2.24) is 10.3 Å². The first-order valence-electron chi connectivity index (χ1n) is 9.14. The number of halogens is 3. The summed E-state index contributed by atoms with van der Waals surface area (Å²) in [6.07, 6.45) is -2.05. The molecule has 1 amide bonds. The Morgan fingerprint density at radius 2 is 1.81 bits per heavy atom. The van der Waals surface area contributed by atoms with E-state index in [2.05, 4.69) is 15.0 Å². The van der Waals surface area contributed by atoms with E-state index in [0.29, 0.717) is 12.8 Å². The third kappa shape index (κ3) is 4.72. The third-order valence-corrected chi connectivity index (χ3v) is 7.04. The minimum atomic E-state index is -4.46. The van der Waals surface area contributed by atoms with Crippen LogP contribution in [0.4, 0.5) is 18.3 Å². The van der Waals surface area contributed by atoms with Gasteiger partial charge in [0.2, 0.25) is 0 Å². The van der Waals surface area contributed by atoms with Crippen molar-refractivity contribution in [2.24, 2.45) is 0 Å². The van der Waals surface area contributed by atoms with Crippen molar-refractivity contribution >= 4 is 32.4 Å². The van der Waals surface area contributed by atoms with Crippen LogP contribution in [0, 0.1) is 0 Å². The molecule has 1 aliphatic rings. The highest BCUT2D eigenvalue weighted by atomic mass is 32.2. The van der Waals surface area contributed by atoms with Crippen LogP contribution in [0.2, 0.25) is 0 Å². The van der Waals surface area contributed by atoms with Crippen LogP contribution in [0.25, 0.3) is 0 Å². The Bertz CT molecular complexity index is 1220. The van der Waals surface area contributed by atoms with Crippen LogP contribution in [-0.2, 0) is 29.0 Å². The first kappa shape index (κ1) is 21.3. The van der Waals surface area contributed by atoms with E-state index in [1.807, 2.05) is 0 Å². The molecule has 6 nitrogen and oxygen atoms in total. The van der Waals surface area contributed by atoms with Crippen molar-refractivity contribution in [2.75, 3.05) is 4.72 Å². The predicted octanol–water partition coefficient (Wildman–Crippen LogP) is 4.11. The van der Waals surface area contributed by atoms with Gasteiger partial charge in [-0.1, -0.05) is 6.07 Å².